The number of hydrogen-bond donors (Lipinski definition) is 2. The van der Waals surface area contributed by atoms with Crippen molar-refractivity contribution in [2.45, 2.75) is 31.7 Å². The van der Waals surface area contributed by atoms with Crippen LogP contribution in [0.2, 0.25) is 0 Å². The number of aryl methyl sites for hydroxylation is 1. The number of hydrogen-bond acceptors (Lipinski definition) is 3. The van der Waals surface area contributed by atoms with Crippen LogP contribution >= 0.6 is 0 Å². The lowest BCUT2D eigenvalue weighted by Gasteiger charge is -2.38. The first-order valence-corrected chi connectivity index (χ1v) is 8.61. The first kappa shape index (κ1) is 16.3. The van der Waals surface area contributed by atoms with Crippen LogP contribution in [0, 0.1) is 6.92 Å². The average molecular weight is 349 g/mol. The van der Waals surface area contributed by atoms with Gasteiger partial charge in [0.2, 0.25) is 0 Å². The number of rotatable bonds is 4. The van der Waals surface area contributed by atoms with Gasteiger partial charge in [-0.05, 0) is 56.5 Å². The molecule has 0 saturated heterocycles. The molecule has 6 nitrogen and oxygen atoms in total. The molecule has 2 aromatic carbocycles. The fourth-order valence-corrected chi connectivity index (χ4v) is 3.46. The Morgan fingerprint density at radius 1 is 1.15 bits per heavy atom. The number of benzene rings is 2. The quantitative estimate of drug-likeness (QED) is 0.758. The van der Waals surface area contributed by atoms with Gasteiger partial charge in [0.15, 0.2) is 0 Å². The van der Waals surface area contributed by atoms with Crippen molar-refractivity contribution < 1.29 is 14.7 Å². The summed E-state index contributed by atoms with van der Waals surface area (Å²) in [7, 11) is 0. The van der Waals surface area contributed by atoms with Crippen molar-refractivity contribution in [1.82, 2.24) is 14.9 Å². The third-order valence-electron chi connectivity index (χ3n) is 5.07. The van der Waals surface area contributed by atoms with Gasteiger partial charge in [0.25, 0.3) is 5.91 Å². The number of amides is 1. The second kappa shape index (κ2) is 5.98. The Hall–Kier alpha value is -3.15. The second-order valence-corrected chi connectivity index (χ2v) is 6.73. The number of fused-ring (bicyclic) bond motifs is 1. The number of carboxylic acid groups (broad SMARTS) is 1. The zero-order valence-electron chi connectivity index (χ0n) is 14.4. The van der Waals surface area contributed by atoms with Crippen LogP contribution in [-0.2, 0) is 4.79 Å². The van der Waals surface area contributed by atoms with Gasteiger partial charge in [0.1, 0.15) is 11.4 Å². The van der Waals surface area contributed by atoms with Gasteiger partial charge in [-0.15, -0.1) is 0 Å². The molecule has 0 aliphatic heterocycles. The van der Waals surface area contributed by atoms with Crippen molar-refractivity contribution in [2.24, 2.45) is 0 Å². The summed E-state index contributed by atoms with van der Waals surface area (Å²) in [5.41, 5.74) is 1.91. The Bertz CT molecular complexity index is 1000. The van der Waals surface area contributed by atoms with Gasteiger partial charge in [-0.2, -0.15) is 0 Å². The van der Waals surface area contributed by atoms with E-state index < -0.39 is 11.5 Å². The minimum atomic E-state index is -1.12. The molecular weight excluding hydrogens is 330 g/mol. The molecule has 2 N–H and O–H groups in total. The third kappa shape index (κ3) is 2.54. The van der Waals surface area contributed by atoms with Gasteiger partial charge in [-0.3, -0.25) is 9.36 Å². The van der Waals surface area contributed by atoms with E-state index in [1.807, 2.05) is 47.9 Å². The summed E-state index contributed by atoms with van der Waals surface area (Å²) >= 11 is 0. The lowest BCUT2D eigenvalue weighted by Crippen LogP contribution is -2.59. The smallest absolute Gasteiger partial charge is 0.329 e. The number of carboxylic acids is 1. The molecule has 1 fully saturated rings. The Morgan fingerprint density at radius 2 is 1.88 bits per heavy atom. The van der Waals surface area contributed by atoms with Gasteiger partial charge in [-0.1, -0.05) is 18.2 Å². The summed E-state index contributed by atoms with van der Waals surface area (Å²) in [6.07, 6.45) is 1.75. The van der Waals surface area contributed by atoms with E-state index in [1.54, 1.807) is 12.1 Å². The minimum Gasteiger partial charge on any atom is -0.480 e. The van der Waals surface area contributed by atoms with E-state index in [1.165, 1.54) is 0 Å². The molecule has 1 aromatic heterocycles. The largest absolute Gasteiger partial charge is 0.480 e. The van der Waals surface area contributed by atoms with E-state index in [2.05, 4.69) is 10.3 Å². The zero-order valence-corrected chi connectivity index (χ0v) is 14.4. The molecule has 1 heterocycles. The standard InChI is InChI=1S/C20H19N3O3/c1-13-21-16-12-14(18(24)22-20(19(25)26)10-5-11-20)8-9-17(16)23(13)15-6-3-2-4-7-15/h2-4,6-9,12H,5,10-11H2,1H3,(H,22,24)(H,25,26). The van der Waals surface area contributed by atoms with Crippen molar-refractivity contribution in [3.8, 4) is 5.69 Å². The number of para-hydroxylation sites is 1. The van der Waals surface area contributed by atoms with Crippen molar-refractivity contribution in [1.29, 1.82) is 0 Å². The van der Waals surface area contributed by atoms with E-state index in [4.69, 9.17) is 0 Å². The maximum atomic E-state index is 12.6. The monoisotopic (exact) mass is 349 g/mol. The number of aliphatic carboxylic acids is 1. The molecule has 1 aliphatic carbocycles. The summed E-state index contributed by atoms with van der Waals surface area (Å²) in [6.45, 7) is 1.92. The predicted molar refractivity (Wildman–Crippen MR) is 97.5 cm³/mol. The van der Waals surface area contributed by atoms with E-state index in [9.17, 15) is 14.7 Å². The van der Waals surface area contributed by atoms with Crippen LogP contribution in [0.5, 0.6) is 0 Å². The topological polar surface area (TPSA) is 84.2 Å². The van der Waals surface area contributed by atoms with Crippen molar-refractivity contribution in [3.05, 3.63) is 59.9 Å². The van der Waals surface area contributed by atoms with E-state index in [-0.39, 0.29) is 5.91 Å². The summed E-state index contributed by atoms with van der Waals surface area (Å²) in [5.74, 6) is -0.520. The number of imidazole rings is 1. The van der Waals surface area contributed by atoms with Crippen LogP contribution in [0.3, 0.4) is 0 Å². The average Bonchev–Trinajstić information content (AvgIpc) is 2.93. The lowest BCUT2D eigenvalue weighted by molar-refractivity contribution is -0.148. The molecule has 0 unspecified atom stereocenters. The molecule has 1 aliphatic rings. The van der Waals surface area contributed by atoms with Crippen LogP contribution in [0.25, 0.3) is 16.7 Å². The van der Waals surface area contributed by atoms with Gasteiger partial charge in [0.05, 0.1) is 11.0 Å². The molecule has 0 radical (unpaired) electrons. The fourth-order valence-electron chi connectivity index (χ4n) is 3.46. The highest BCUT2D eigenvalue weighted by Crippen LogP contribution is 2.32. The van der Waals surface area contributed by atoms with Crippen molar-refractivity contribution >= 4 is 22.9 Å². The van der Waals surface area contributed by atoms with Gasteiger partial charge >= 0.3 is 5.97 Å². The molecule has 132 valence electrons. The summed E-state index contributed by atoms with van der Waals surface area (Å²) < 4.78 is 2.03. The van der Waals surface area contributed by atoms with E-state index in [0.717, 1.165) is 23.4 Å². The molecule has 3 aromatic rings. The van der Waals surface area contributed by atoms with Crippen LogP contribution in [0.1, 0.15) is 35.4 Å². The molecule has 6 heteroatoms. The maximum absolute atomic E-state index is 12.6. The van der Waals surface area contributed by atoms with Crippen LogP contribution in [-0.4, -0.2) is 32.1 Å². The Kier molecular flexibility index (Phi) is 3.76. The SMILES string of the molecule is Cc1nc2cc(C(=O)NC3(C(=O)O)CCC3)ccc2n1-c1ccccc1. The van der Waals surface area contributed by atoms with Crippen LogP contribution in [0.15, 0.2) is 48.5 Å². The van der Waals surface area contributed by atoms with Gasteiger partial charge in [0, 0.05) is 11.3 Å². The maximum Gasteiger partial charge on any atom is 0.329 e. The Morgan fingerprint density at radius 3 is 2.50 bits per heavy atom. The van der Waals surface area contributed by atoms with Gasteiger partial charge in [-0.25, -0.2) is 9.78 Å². The predicted octanol–water partition coefficient (Wildman–Crippen LogP) is 3.07. The summed E-state index contributed by atoms with van der Waals surface area (Å²) in [6, 6.07) is 15.2. The highest BCUT2D eigenvalue weighted by molar-refractivity contribution is 6.00. The number of aromatic nitrogens is 2. The van der Waals surface area contributed by atoms with E-state index >= 15 is 0 Å². The van der Waals surface area contributed by atoms with Crippen molar-refractivity contribution in [2.75, 3.05) is 0 Å². The molecule has 26 heavy (non-hydrogen) atoms. The highest BCUT2D eigenvalue weighted by atomic mass is 16.4. The molecule has 4 rings (SSSR count). The summed E-state index contributed by atoms with van der Waals surface area (Å²) in [4.78, 5) is 28.6. The Labute approximate surface area is 150 Å². The summed E-state index contributed by atoms with van der Waals surface area (Å²) in [5, 5.41) is 12.1. The minimum absolute atomic E-state index is 0.374. The second-order valence-electron chi connectivity index (χ2n) is 6.73. The van der Waals surface area contributed by atoms with Crippen LogP contribution < -0.4 is 5.32 Å². The first-order valence-electron chi connectivity index (χ1n) is 8.61. The molecule has 1 amide bonds. The number of carbonyl (C=O) groups is 2. The van der Waals surface area contributed by atoms with Gasteiger partial charge < -0.3 is 10.4 Å². The lowest BCUT2D eigenvalue weighted by atomic mass is 9.76. The van der Waals surface area contributed by atoms with Crippen molar-refractivity contribution in [3.63, 3.8) is 0 Å². The first-order chi connectivity index (χ1) is 12.5. The molecule has 1 saturated carbocycles. The zero-order chi connectivity index (χ0) is 18.3. The molecule has 0 atom stereocenters. The molecule has 0 spiro atoms. The molecule has 0 bridgehead atoms. The highest BCUT2D eigenvalue weighted by Gasteiger charge is 2.45. The number of nitrogens with one attached hydrogen (secondary N) is 1. The van der Waals surface area contributed by atoms with E-state index in [0.29, 0.717) is 23.9 Å². The van der Waals surface area contributed by atoms with Crippen LogP contribution in [0.4, 0.5) is 0 Å². The normalized spacial score (nSPS) is 15.4. The number of carbonyl (C=O) groups excluding carboxylic acids is 1. The molecular formula is C20H19N3O3. The Balaban J connectivity index is 1.69. The fraction of sp³-hybridized carbons (Fsp3) is 0.250. The number of nitrogens with zero attached hydrogens (tertiary/aromatic N) is 2. The third-order valence-corrected chi connectivity index (χ3v) is 5.07.